The Morgan fingerprint density at radius 2 is 1.83 bits per heavy atom. The molecule has 0 aromatic heterocycles. The van der Waals surface area contributed by atoms with Crippen molar-refractivity contribution in [2.24, 2.45) is 11.8 Å². The molecule has 2 unspecified atom stereocenters. The van der Waals surface area contributed by atoms with Crippen molar-refractivity contribution >= 4 is 0 Å². The number of likely N-dealkylation sites (tertiary alicyclic amines) is 1. The van der Waals surface area contributed by atoms with Gasteiger partial charge in [-0.25, -0.2) is 0 Å². The number of hydrogen-bond acceptors (Lipinski definition) is 3. The van der Waals surface area contributed by atoms with Gasteiger partial charge in [0.2, 0.25) is 0 Å². The highest BCUT2D eigenvalue weighted by molar-refractivity contribution is 4.82. The van der Waals surface area contributed by atoms with Gasteiger partial charge in [0.1, 0.15) is 0 Å². The maximum absolute atomic E-state index is 5.59. The largest absolute Gasteiger partial charge is 0.380 e. The highest BCUT2D eigenvalue weighted by Gasteiger charge is 2.25. The van der Waals surface area contributed by atoms with E-state index >= 15 is 0 Å². The van der Waals surface area contributed by atoms with Gasteiger partial charge in [-0.05, 0) is 58.7 Å². The molecule has 1 aliphatic rings. The Morgan fingerprint density at radius 1 is 1.22 bits per heavy atom. The van der Waals surface area contributed by atoms with E-state index in [2.05, 4.69) is 45.0 Å². The fourth-order valence-electron chi connectivity index (χ4n) is 2.68. The normalized spacial score (nSPS) is 22.3. The molecule has 0 aliphatic carbocycles. The standard InChI is InChI=1S/C15H32N2O/c1-6-18-11-15(12(2)3)16-13(4)14-7-9-17(5)10-8-14/h12-16H,6-11H2,1-5H3. The molecule has 1 rings (SSSR count). The first-order valence-corrected chi connectivity index (χ1v) is 7.56. The molecule has 0 aromatic rings. The molecular weight excluding hydrogens is 224 g/mol. The molecule has 0 spiro atoms. The molecule has 0 bridgehead atoms. The molecule has 0 radical (unpaired) electrons. The summed E-state index contributed by atoms with van der Waals surface area (Å²) in [5.74, 6) is 1.45. The third kappa shape index (κ3) is 5.25. The third-order valence-corrected chi connectivity index (χ3v) is 4.25. The quantitative estimate of drug-likeness (QED) is 0.757. The zero-order valence-corrected chi connectivity index (χ0v) is 12.9. The molecule has 3 nitrogen and oxygen atoms in total. The van der Waals surface area contributed by atoms with Crippen LogP contribution in [0.2, 0.25) is 0 Å². The van der Waals surface area contributed by atoms with E-state index < -0.39 is 0 Å². The highest BCUT2D eigenvalue weighted by atomic mass is 16.5. The zero-order valence-electron chi connectivity index (χ0n) is 12.9. The Morgan fingerprint density at radius 3 is 2.33 bits per heavy atom. The lowest BCUT2D eigenvalue weighted by atomic mass is 9.89. The van der Waals surface area contributed by atoms with Gasteiger partial charge in [-0.3, -0.25) is 0 Å². The lowest BCUT2D eigenvalue weighted by Crippen LogP contribution is -2.48. The molecule has 108 valence electrons. The molecule has 0 saturated carbocycles. The van der Waals surface area contributed by atoms with Crippen molar-refractivity contribution in [1.82, 2.24) is 10.2 Å². The van der Waals surface area contributed by atoms with Crippen LogP contribution in [0.3, 0.4) is 0 Å². The molecule has 2 atom stereocenters. The second-order valence-electron chi connectivity index (χ2n) is 6.11. The van der Waals surface area contributed by atoms with Crippen LogP contribution in [0.25, 0.3) is 0 Å². The molecule has 1 heterocycles. The molecular formula is C15H32N2O. The van der Waals surface area contributed by atoms with Gasteiger partial charge in [-0.2, -0.15) is 0 Å². The molecule has 1 aliphatic heterocycles. The van der Waals surface area contributed by atoms with Crippen LogP contribution < -0.4 is 5.32 Å². The van der Waals surface area contributed by atoms with E-state index in [0.29, 0.717) is 18.0 Å². The topological polar surface area (TPSA) is 24.5 Å². The van der Waals surface area contributed by atoms with Gasteiger partial charge in [0.15, 0.2) is 0 Å². The van der Waals surface area contributed by atoms with Crippen LogP contribution in [-0.4, -0.2) is 50.3 Å². The van der Waals surface area contributed by atoms with Crippen LogP contribution >= 0.6 is 0 Å². The summed E-state index contributed by atoms with van der Waals surface area (Å²) in [6.07, 6.45) is 2.65. The number of rotatable bonds is 7. The summed E-state index contributed by atoms with van der Waals surface area (Å²) < 4.78 is 5.59. The van der Waals surface area contributed by atoms with Crippen molar-refractivity contribution < 1.29 is 4.74 Å². The Balaban J connectivity index is 2.37. The first kappa shape index (κ1) is 15.9. The minimum atomic E-state index is 0.486. The predicted molar refractivity (Wildman–Crippen MR) is 77.9 cm³/mol. The minimum Gasteiger partial charge on any atom is -0.380 e. The third-order valence-electron chi connectivity index (χ3n) is 4.25. The molecule has 3 heteroatoms. The van der Waals surface area contributed by atoms with Crippen LogP contribution in [0.1, 0.15) is 40.5 Å². The fourth-order valence-corrected chi connectivity index (χ4v) is 2.68. The summed E-state index contributed by atoms with van der Waals surface area (Å²) in [5.41, 5.74) is 0. The molecule has 1 saturated heterocycles. The first-order valence-electron chi connectivity index (χ1n) is 7.56. The van der Waals surface area contributed by atoms with E-state index in [9.17, 15) is 0 Å². The Labute approximate surface area is 113 Å². The van der Waals surface area contributed by atoms with Crippen molar-refractivity contribution in [3.05, 3.63) is 0 Å². The van der Waals surface area contributed by atoms with Crippen LogP contribution in [0, 0.1) is 11.8 Å². The second kappa shape index (κ2) is 8.13. The molecule has 1 N–H and O–H groups in total. The number of nitrogens with one attached hydrogen (secondary N) is 1. The van der Waals surface area contributed by atoms with Gasteiger partial charge in [0.05, 0.1) is 6.61 Å². The van der Waals surface area contributed by atoms with Gasteiger partial charge in [-0.15, -0.1) is 0 Å². The average molecular weight is 256 g/mol. The summed E-state index contributed by atoms with van der Waals surface area (Å²) >= 11 is 0. The van der Waals surface area contributed by atoms with Crippen molar-refractivity contribution in [2.75, 3.05) is 33.4 Å². The summed E-state index contributed by atoms with van der Waals surface area (Å²) in [6, 6.07) is 1.09. The number of ether oxygens (including phenoxy) is 1. The van der Waals surface area contributed by atoms with Gasteiger partial charge in [0.25, 0.3) is 0 Å². The lowest BCUT2D eigenvalue weighted by molar-refractivity contribution is 0.0944. The van der Waals surface area contributed by atoms with E-state index in [-0.39, 0.29) is 0 Å². The monoisotopic (exact) mass is 256 g/mol. The fraction of sp³-hybridized carbons (Fsp3) is 1.00. The van der Waals surface area contributed by atoms with Gasteiger partial charge >= 0.3 is 0 Å². The van der Waals surface area contributed by atoms with E-state index in [1.54, 1.807) is 0 Å². The Kier molecular flexibility index (Phi) is 7.20. The van der Waals surface area contributed by atoms with Crippen molar-refractivity contribution in [1.29, 1.82) is 0 Å². The zero-order chi connectivity index (χ0) is 13.5. The van der Waals surface area contributed by atoms with Crippen LogP contribution in [0.5, 0.6) is 0 Å². The molecule has 0 aromatic carbocycles. The van der Waals surface area contributed by atoms with Crippen molar-refractivity contribution in [3.63, 3.8) is 0 Å². The summed E-state index contributed by atoms with van der Waals surface area (Å²) in [7, 11) is 2.22. The summed E-state index contributed by atoms with van der Waals surface area (Å²) in [5, 5.41) is 3.79. The number of hydrogen-bond donors (Lipinski definition) is 1. The van der Waals surface area contributed by atoms with E-state index in [0.717, 1.165) is 19.1 Å². The molecule has 18 heavy (non-hydrogen) atoms. The average Bonchev–Trinajstić information content (AvgIpc) is 2.34. The summed E-state index contributed by atoms with van der Waals surface area (Å²) in [6.45, 7) is 13.1. The van der Waals surface area contributed by atoms with Crippen molar-refractivity contribution in [2.45, 2.75) is 52.6 Å². The van der Waals surface area contributed by atoms with Gasteiger partial charge in [0, 0.05) is 18.7 Å². The summed E-state index contributed by atoms with van der Waals surface area (Å²) in [4.78, 5) is 2.43. The molecule has 0 amide bonds. The van der Waals surface area contributed by atoms with E-state index in [1.807, 2.05) is 0 Å². The van der Waals surface area contributed by atoms with E-state index in [1.165, 1.54) is 25.9 Å². The van der Waals surface area contributed by atoms with Crippen LogP contribution in [0.4, 0.5) is 0 Å². The second-order valence-corrected chi connectivity index (χ2v) is 6.11. The van der Waals surface area contributed by atoms with Gasteiger partial charge < -0.3 is 15.0 Å². The highest BCUT2D eigenvalue weighted by Crippen LogP contribution is 2.20. The minimum absolute atomic E-state index is 0.486. The lowest BCUT2D eigenvalue weighted by Gasteiger charge is -2.36. The SMILES string of the molecule is CCOCC(NC(C)C1CCN(C)CC1)C(C)C. The van der Waals surface area contributed by atoms with Crippen LogP contribution in [0.15, 0.2) is 0 Å². The molecule has 1 fully saturated rings. The van der Waals surface area contributed by atoms with Crippen LogP contribution in [-0.2, 0) is 4.74 Å². The number of piperidine rings is 1. The van der Waals surface area contributed by atoms with E-state index in [4.69, 9.17) is 4.74 Å². The predicted octanol–water partition coefficient (Wildman–Crippen LogP) is 2.37. The number of nitrogens with zero attached hydrogens (tertiary/aromatic N) is 1. The Hall–Kier alpha value is -0.120. The maximum Gasteiger partial charge on any atom is 0.0622 e. The Bertz CT molecular complexity index is 213. The maximum atomic E-state index is 5.59. The van der Waals surface area contributed by atoms with Crippen molar-refractivity contribution in [3.8, 4) is 0 Å². The first-order chi connectivity index (χ1) is 8.54. The van der Waals surface area contributed by atoms with Gasteiger partial charge in [-0.1, -0.05) is 13.8 Å². The smallest absolute Gasteiger partial charge is 0.0622 e.